The number of aryl methyl sites for hydroxylation is 2. The van der Waals surface area contributed by atoms with Crippen LogP contribution in [0, 0.1) is 13.8 Å². The molecule has 3 heteroatoms. The predicted octanol–water partition coefficient (Wildman–Crippen LogP) is 3.30. The average molecular weight is 222 g/mol. The summed E-state index contributed by atoms with van der Waals surface area (Å²) < 4.78 is 5.44. The van der Waals surface area contributed by atoms with Gasteiger partial charge in [0.05, 0.1) is 5.56 Å². The maximum absolute atomic E-state index is 11.8. The van der Waals surface area contributed by atoms with Crippen LogP contribution in [0.5, 0.6) is 0 Å². The Morgan fingerprint density at radius 1 is 1.20 bits per heavy atom. The van der Waals surface area contributed by atoms with Crippen molar-refractivity contribution in [1.82, 2.24) is 0 Å². The second kappa shape index (κ2) is 4.19. The highest BCUT2D eigenvalue weighted by Crippen LogP contribution is 2.14. The fourth-order valence-corrected chi connectivity index (χ4v) is 2.04. The topological polar surface area (TPSA) is 26.3 Å². The smallest absolute Gasteiger partial charge is 0.325 e. The minimum Gasteiger partial charge on any atom is -0.516 e. The number of rotatable bonds is 2. The lowest BCUT2D eigenvalue weighted by Gasteiger charge is -2.18. The molecule has 0 aromatic heterocycles. The van der Waals surface area contributed by atoms with E-state index < -0.39 is 8.32 Å². The molecule has 0 N–H and O–H groups in total. The first-order valence-electron chi connectivity index (χ1n) is 5.10. The average Bonchev–Trinajstić information content (AvgIpc) is 1.99. The van der Waals surface area contributed by atoms with Gasteiger partial charge in [-0.1, -0.05) is 17.7 Å². The molecule has 82 valence electrons. The van der Waals surface area contributed by atoms with Crippen LogP contribution in [0.3, 0.4) is 0 Å². The van der Waals surface area contributed by atoms with E-state index in [1.54, 1.807) is 0 Å². The Morgan fingerprint density at radius 3 is 2.27 bits per heavy atom. The maximum atomic E-state index is 11.8. The summed E-state index contributed by atoms with van der Waals surface area (Å²) in [7, 11) is -1.79. The highest BCUT2D eigenvalue weighted by Gasteiger charge is 2.21. The molecule has 0 fully saturated rings. The van der Waals surface area contributed by atoms with Crippen LogP contribution < -0.4 is 0 Å². The lowest BCUT2D eigenvalue weighted by molar-refractivity contribution is 0.0724. The van der Waals surface area contributed by atoms with Crippen molar-refractivity contribution in [1.29, 1.82) is 0 Å². The number of benzene rings is 1. The molecular weight excluding hydrogens is 204 g/mol. The van der Waals surface area contributed by atoms with Gasteiger partial charge in [-0.15, -0.1) is 0 Å². The molecule has 15 heavy (non-hydrogen) atoms. The number of hydrogen-bond acceptors (Lipinski definition) is 2. The van der Waals surface area contributed by atoms with Crippen molar-refractivity contribution in [3.63, 3.8) is 0 Å². The summed E-state index contributed by atoms with van der Waals surface area (Å²) in [4.78, 5) is 11.8. The Labute approximate surface area is 92.4 Å². The summed E-state index contributed by atoms with van der Waals surface area (Å²) in [5.74, 6) is -0.188. The zero-order valence-corrected chi connectivity index (χ0v) is 11.0. The summed E-state index contributed by atoms with van der Waals surface area (Å²) >= 11 is 0. The van der Waals surface area contributed by atoms with Gasteiger partial charge in [-0.3, -0.25) is 0 Å². The van der Waals surface area contributed by atoms with Crippen LogP contribution in [-0.4, -0.2) is 14.3 Å². The van der Waals surface area contributed by atoms with Crippen LogP contribution in [0.1, 0.15) is 21.5 Å². The molecular formula is C12H18O2Si. The van der Waals surface area contributed by atoms with E-state index in [1.165, 1.54) is 0 Å². The van der Waals surface area contributed by atoms with Gasteiger partial charge in [-0.05, 0) is 45.1 Å². The van der Waals surface area contributed by atoms with E-state index in [-0.39, 0.29) is 5.97 Å². The standard InChI is InChI=1S/C12H18O2Si/c1-9-6-7-11(10(2)8-9)12(13)14-15(3,4)5/h6-8H,1-5H3. The first kappa shape index (κ1) is 12.0. The number of hydrogen-bond donors (Lipinski definition) is 0. The third-order valence-corrected chi connectivity index (χ3v) is 2.80. The van der Waals surface area contributed by atoms with Crippen molar-refractivity contribution in [3.05, 3.63) is 34.9 Å². The summed E-state index contributed by atoms with van der Waals surface area (Å²) in [5, 5.41) is 0. The van der Waals surface area contributed by atoms with Gasteiger partial charge in [-0.25, -0.2) is 4.79 Å². The van der Waals surface area contributed by atoms with Crippen LogP contribution in [0.25, 0.3) is 0 Å². The molecule has 2 nitrogen and oxygen atoms in total. The van der Waals surface area contributed by atoms with Gasteiger partial charge in [-0.2, -0.15) is 0 Å². The minimum atomic E-state index is -1.79. The van der Waals surface area contributed by atoms with E-state index >= 15 is 0 Å². The van der Waals surface area contributed by atoms with Crippen molar-refractivity contribution in [2.45, 2.75) is 33.5 Å². The number of carbonyl (C=O) groups is 1. The zero-order valence-electron chi connectivity index (χ0n) is 10.0. The van der Waals surface area contributed by atoms with Crippen molar-refractivity contribution in [2.75, 3.05) is 0 Å². The molecule has 0 saturated carbocycles. The van der Waals surface area contributed by atoms with Gasteiger partial charge in [0.1, 0.15) is 0 Å². The molecule has 1 aromatic carbocycles. The second-order valence-electron chi connectivity index (χ2n) is 4.82. The lowest BCUT2D eigenvalue weighted by Crippen LogP contribution is -2.29. The molecule has 0 bridgehead atoms. The molecule has 0 amide bonds. The summed E-state index contributed by atoms with van der Waals surface area (Å²) in [6.45, 7) is 9.98. The SMILES string of the molecule is Cc1ccc(C(=O)O[Si](C)(C)C)c(C)c1. The van der Waals surface area contributed by atoms with E-state index in [2.05, 4.69) is 0 Å². The van der Waals surface area contributed by atoms with E-state index in [0.29, 0.717) is 5.56 Å². The van der Waals surface area contributed by atoms with Crippen molar-refractivity contribution >= 4 is 14.3 Å². The molecule has 0 saturated heterocycles. The van der Waals surface area contributed by atoms with Gasteiger partial charge < -0.3 is 4.43 Å². The summed E-state index contributed by atoms with van der Waals surface area (Å²) in [5.41, 5.74) is 2.83. The lowest BCUT2D eigenvalue weighted by atomic mass is 10.1. The maximum Gasteiger partial charge on any atom is 0.325 e. The molecule has 0 spiro atoms. The Bertz CT molecular complexity index is 378. The molecule has 0 aliphatic heterocycles. The summed E-state index contributed by atoms with van der Waals surface area (Å²) in [6.07, 6.45) is 0. The van der Waals surface area contributed by atoms with E-state index in [4.69, 9.17) is 4.43 Å². The Kier molecular flexibility index (Phi) is 3.34. The van der Waals surface area contributed by atoms with Crippen LogP contribution in [0.4, 0.5) is 0 Å². The summed E-state index contributed by atoms with van der Waals surface area (Å²) in [6, 6.07) is 5.78. The fourth-order valence-electron chi connectivity index (χ4n) is 1.38. The molecule has 0 heterocycles. The highest BCUT2D eigenvalue weighted by molar-refractivity contribution is 6.71. The Balaban J connectivity index is 2.92. The van der Waals surface area contributed by atoms with E-state index in [9.17, 15) is 4.79 Å². The van der Waals surface area contributed by atoms with Crippen LogP contribution >= 0.6 is 0 Å². The van der Waals surface area contributed by atoms with E-state index in [0.717, 1.165) is 11.1 Å². The predicted molar refractivity (Wildman–Crippen MR) is 64.7 cm³/mol. The molecule has 1 rings (SSSR count). The van der Waals surface area contributed by atoms with Gasteiger partial charge in [0.15, 0.2) is 0 Å². The molecule has 1 aromatic rings. The molecule has 0 unspecified atom stereocenters. The Morgan fingerprint density at radius 2 is 1.80 bits per heavy atom. The normalized spacial score (nSPS) is 11.3. The third kappa shape index (κ3) is 3.51. The van der Waals surface area contributed by atoms with Crippen LogP contribution in [-0.2, 0) is 4.43 Å². The second-order valence-corrected chi connectivity index (χ2v) is 9.25. The molecule has 0 atom stereocenters. The third-order valence-electron chi connectivity index (χ3n) is 2.00. The monoisotopic (exact) mass is 222 g/mol. The zero-order chi connectivity index (χ0) is 11.6. The minimum absolute atomic E-state index is 0.188. The molecule has 0 aliphatic rings. The fraction of sp³-hybridized carbons (Fsp3) is 0.417. The van der Waals surface area contributed by atoms with Crippen molar-refractivity contribution in [3.8, 4) is 0 Å². The van der Waals surface area contributed by atoms with Crippen molar-refractivity contribution in [2.24, 2.45) is 0 Å². The first-order chi connectivity index (χ1) is 6.79. The van der Waals surface area contributed by atoms with Crippen LogP contribution in [0.2, 0.25) is 19.6 Å². The van der Waals surface area contributed by atoms with Crippen molar-refractivity contribution < 1.29 is 9.22 Å². The highest BCUT2D eigenvalue weighted by atomic mass is 28.4. The van der Waals surface area contributed by atoms with Gasteiger partial charge in [0.2, 0.25) is 8.32 Å². The largest absolute Gasteiger partial charge is 0.516 e. The Hall–Kier alpha value is -1.09. The van der Waals surface area contributed by atoms with Gasteiger partial charge in [0, 0.05) is 0 Å². The van der Waals surface area contributed by atoms with E-state index in [1.807, 2.05) is 51.7 Å². The van der Waals surface area contributed by atoms with Gasteiger partial charge >= 0.3 is 5.97 Å². The first-order valence-corrected chi connectivity index (χ1v) is 8.51. The van der Waals surface area contributed by atoms with Crippen LogP contribution in [0.15, 0.2) is 18.2 Å². The quantitative estimate of drug-likeness (QED) is 0.718. The molecule has 0 aliphatic carbocycles. The number of carbonyl (C=O) groups excluding carboxylic acids is 1. The molecule has 0 radical (unpaired) electrons. The van der Waals surface area contributed by atoms with Gasteiger partial charge in [0.25, 0.3) is 0 Å².